The first-order chi connectivity index (χ1) is 11.6. The monoisotopic (exact) mass is 357 g/mol. The van der Waals surface area contributed by atoms with E-state index in [1.165, 1.54) is 0 Å². The number of nitrogens with zero attached hydrogens (tertiary/aromatic N) is 1. The van der Waals surface area contributed by atoms with E-state index in [2.05, 4.69) is 15.6 Å². The Morgan fingerprint density at radius 2 is 1.71 bits per heavy atom. The lowest BCUT2D eigenvalue weighted by atomic mass is 10.2. The van der Waals surface area contributed by atoms with Crippen LogP contribution < -0.4 is 10.6 Å². The van der Waals surface area contributed by atoms with Crippen LogP contribution in [0.15, 0.2) is 66.9 Å². The van der Waals surface area contributed by atoms with Gasteiger partial charge >= 0.3 is 0 Å². The number of pyridine rings is 1. The maximum absolute atomic E-state index is 12.1. The first-order valence-corrected chi connectivity index (χ1v) is 7.92. The van der Waals surface area contributed by atoms with E-state index in [-0.39, 0.29) is 5.91 Å². The number of hydrogen-bond acceptors (Lipinski definition) is 3. The zero-order chi connectivity index (χ0) is 16.9. The van der Waals surface area contributed by atoms with Gasteiger partial charge in [0.2, 0.25) is 0 Å². The Morgan fingerprint density at radius 3 is 2.42 bits per heavy atom. The van der Waals surface area contributed by atoms with Crippen LogP contribution in [0.3, 0.4) is 0 Å². The summed E-state index contributed by atoms with van der Waals surface area (Å²) in [5.74, 6) is 0.410. The highest BCUT2D eigenvalue weighted by molar-refractivity contribution is 6.43. The van der Waals surface area contributed by atoms with E-state index in [9.17, 15) is 4.79 Å². The summed E-state index contributed by atoms with van der Waals surface area (Å²) in [5.41, 5.74) is 1.86. The van der Waals surface area contributed by atoms with Gasteiger partial charge in [0.05, 0.1) is 27.6 Å². The van der Waals surface area contributed by atoms with Crippen molar-refractivity contribution in [3.63, 3.8) is 0 Å². The molecule has 0 bridgehead atoms. The van der Waals surface area contributed by atoms with Gasteiger partial charge < -0.3 is 10.6 Å². The first kappa shape index (κ1) is 16.3. The number of nitrogens with one attached hydrogen (secondary N) is 2. The second-order valence-electron chi connectivity index (χ2n) is 4.98. The zero-order valence-electron chi connectivity index (χ0n) is 12.5. The fraction of sp³-hybridized carbons (Fsp3) is 0. The number of amides is 1. The smallest absolute Gasteiger partial charge is 0.255 e. The van der Waals surface area contributed by atoms with Gasteiger partial charge in [-0.1, -0.05) is 47.5 Å². The molecule has 0 fully saturated rings. The van der Waals surface area contributed by atoms with Crippen LogP contribution in [0.4, 0.5) is 17.2 Å². The van der Waals surface area contributed by atoms with Crippen LogP contribution in [0.2, 0.25) is 10.0 Å². The van der Waals surface area contributed by atoms with E-state index >= 15 is 0 Å². The summed E-state index contributed by atoms with van der Waals surface area (Å²) >= 11 is 12.1. The second-order valence-corrected chi connectivity index (χ2v) is 5.76. The second kappa shape index (κ2) is 7.34. The van der Waals surface area contributed by atoms with E-state index in [0.29, 0.717) is 32.8 Å². The van der Waals surface area contributed by atoms with E-state index in [4.69, 9.17) is 23.2 Å². The average Bonchev–Trinajstić information content (AvgIpc) is 2.61. The minimum atomic E-state index is -0.184. The van der Waals surface area contributed by atoms with Crippen LogP contribution in [0.5, 0.6) is 0 Å². The molecule has 0 unspecified atom stereocenters. The van der Waals surface area contributed by atoms with Crippen molar-refractivity contribution < 1.29 is 4.79 Å². The number of halogens is 2. The van der Waals surface area contributed by atoms with Crippen molar-refractivity contribution in [3.05, 3.63) is 82.5 Å². The van der Waals surface area contributed by atoms with Gasteiger partial charge in [-0.3, -0.25) is 4.79 Å². The number of rotatable bonds is 4. The summed E-state index contributed by atoms with van der Waals surface area (Å²) in [6.45, 7) is 0. The third-order valence-electron chi connectivity index (χ3n) is 3.27. The zero-order valence-corrected chi connectivity index (χ0v) is 14.0. The Kier molecular flexibility index (Phi) is 4.99. The summed E-state index contributed by atoms with van der Waals surface area (Å²) in [6, 6.07) is 17.8. The van der Waals surface area contributed by atoms with Crippen molar-refractivity contribution in [2.24, 2.45) is 0 Å². The predicted octanol–water partition coefficient (Wildman–Crippen LogP) is 5.38. The van der Waals surface area contributed by atoms with Gasteiger partial charge in [-0.05, 0) is 36.4 Å². The molecule has 0 aliphatic rings. The Balaban J connectivity index is 1.69. The van der Waals surface area contributed by atoms with Gasteiger partial charge in [0.15, 0.2) is 0 Å². The maximum Gasteiger partial charge on any atom is 0.255 e. The van der Waals surface area contributed by atoms with E-state index < -0.39 is 0 Å². The van der Waals surface area contributed by atoms with E-state index in [1.54, 1.807) is 48.7 Å². The average molecular weight is 358 g/mol. The van der Waals surface area contributed by atoms with Gasteiger partial charge in [-0.25, -0.2) is 4.98 Å². The van der Waals surface area contributed by atoms with Gasteiger partial charge in [0, 0.05) is 5.56 Å². The van der Waals surface area contributed by atoms with Gasteiger partial charge in [0.1, 0.15) is 5.82 Å². The molecule has 120 valence electrons. The largest absolute Gasteiger partial charge is 0.339 e. The van der Waals surface area contributed by atoms with Gasteiger partial charge in [0.25, 0.3) is 5.91 Å². The van der Waals surface area contributed by atoms with Crippen molar-refractivity contribution in [1.82, 2.24) is 4.98 Å². The van der Waals surface area contributed by atoms with Crippen LogP contribution in [0.1, 0.15) is 10.4 Å². The van der Waals surface area contributed by atoms with Crippen molar-refractivity contribution in [1.29, 1.82) is 0 Å². The molecule has 0 saturated heterocycles. The molecule has 4 nitrogen and oxygen atoms in total. The minimum Gasteiger partial charge on any atom is -0.339 e. The van der Waals surface area contributed by atoms with Gasteiger partial charge in [-0.15, -0.1) is 0 Å². The van der Waals surface area contributed by atoms with Crippen LogP contribution in [-0.2, 0) is 0 Å². The standard InChI is InChI=1S/C18H13Cl2N3O/c19-14-7-4-8-15(17(14)20)23-16-10-9-13(11-21-16)22-18(24)12-5-2-1-3-6-12/h1-11H,(H,21,23)(H,22,24). The molecule has 3 aromatic rings. The number of aromatic nitrogens is 1. The number of carbonyl (C=O) groups excluding carboxylic acids is 1. The van der Waals surface area contributed by atoms with Crippen molar-refractivity contribution >= 4 is 46.3 Å². The molecule has 0 spiro atoms. The highest BCUT2D eigenvalue weighted by Gasteiger charge is 2.07. The number of anilines is 3. The molecule has 1 aromatic heterocycles. The molecule has 6 heteroatoms. The third-order valence-corrected chi connectivity index (χ3v) is 4.09. The summed E-state index contributed by atoms with van der Waals surface area (Å²) in [6.07, 6.45) is 1.57. The lowest BCUT2D eigenvalue weighted by Gasteiger charge is -2.10. The number of hydrogen-bond donors (Lipinski definition) is 2. The normalized spacial score (nSPS) is 10.2. The Hall–Kier alpha value is -2.56. The lowest BCUT2D eigenvalue weighted by molar-refractivity contribution is 0.102. The molecule has 0 aliphatic carbocycles. The Bertz CT molecular complexity index is 852. The molecule has 1 amide bonds. The minimum absolute atomic E-state index is 0.184. The summed E-state index contributed by atoms with van der Waals surface area (Å²) in [4.78, 5) is 16.3. The molecular formula is C18H13Cl2N3O. The van der Waals surface area contributed by atoms with E-state index in [1.807, 2.05) is 18.2 Å². The highest BCUT2D eigenvalue weighted by Crippen LogP contribution is 2.31. The number of benzene rings is 2. The molecule has 0 aliphatic heterocycles. The first-order valence-electron chi connectivity index (χ1n) is 7.17. The summed E-state index contributed by atoms with van der Waals surface area (Å²) in [5, 5.41) is 6.78. The molecule has 2 N–H and O–H groups in total. The third kappa shape index (κ3) is 3.85. The summed E-state index contributed by atoms with van der Waals surface area (Å²) < 4.78 is 0. The van der Waals surface area contributed by atoms with Crippen LogP contribution in [-0.4, -0.2) is 10.9 Å². The Morgan fingerprint density at radius 1 is 0.917 bits per heavy atom. The molecule has 3 rings (SSSR count). The fourth-order valence-electron chi connectivity index (χ4n) is 2.07. The number of carbonyl (C=O) groups is 1. The highest BCUT2D eigenvalue weighted by atomic mass is 35.5. The maximum atomic E-state index is 12.1. The fourth-order valence-corrected chi connectivity index (χ4v) is 2.42. The van der Waals surface area contributed by atoms with Crippen molar-refractivity contribution in [2.75, 3.05) is 10.6 Å². The molecule has 24 heavy (non-hydrogen) atoms. The van der Waals surface area contributed by atoms with Crippen molar-refractivity contribution in [3.8, 4) is 0 Å². The van der Waals surface area contributed by atoms with Crippen LogP contribution >= 0.6 is 23.2 Å². The van der Waals surface area contributed by atoms with Crippen LogP contribution in [0.25, 0.3) is 0 Å². The quantitative estimate of drug-likeness (QED) is 0.658. The predicted molar refractivity (Wildman–Crippen MR) is 98.4 cm³/mol. The van der Waals surface area contributed by atoms with E-state index in [0.717, 1.165) is 0 Å². The molecule has 0 radical (unpaired) electrons. The van der Waals surface area contributed by atoms with Gasteiger partial charge in [-0.2, -0.15) is 0 Å². The van der Waals surface area contributed by atoms with Crippen molar-refractivity contribution in [2.45, 2.75) is 0 Å². The SMILES string of the molecule is O=C(Nc1ccc(Nc2cccc(Cl)c2Cl)nc1)c1ccccc1. The molecule has 2 aromatic carbocycles. The molecule has 0 atom stereocenters. The topological polar surface area (TPSA) is 54.0 Å². The van der Waals surface area contributed by atoms with Crippen LogP contribution in [0, 0.1) is 0 Å². The molecule has 0 saturated carbocycles. The molecular weight excluding hydrogens is 345 g/mol. The Labute approximate surface area is 149 Å². The summed E-state index contributed by atoms with van der Waals surface area (Å²) in [7, 11) is 0. The molecule has 1 heterocycles. The lowest BCUT2D eigenvalue weighted by Crippen LogP contribution is -2.11.